The van der Waals surface area contributed by atoms with Gasteiger partial charge in [-0.25, -0.2) is 8.42 Å². The molecular weight excluding hydrogens is 236 g/mol. The number of ether oxygens (including phenoxy) is 1. The van der Waals surface area contributed by atoms with E-state index >= 15 is 0 Å². The summed E-state index contributed by atoms with van der Waals surface area (Å²) in [4.78, 5) is 17.8. The summed E-state index contributed by atoms with van der Waals surface area (Å²) in [7, 11) is -2.25. The minimum absolute atomic E-state index is 0.0831. The van der Waals surface area contributed by atoms with E-state index in [1.165, 1.54) is 7.11 Å². The quantitative estimate of drug-likeness (QED) is 0.714. The number of aromatic nitrogens is 2. The Kier molecular flexibility index (Phi) is 3.43. The van der Waals surface area contributed by atoms with Gasteiger partial charge in [-0.15, -0.1) is 0 Å². The van der Waals surface area contributed by atoms with Crippen molar-refractivity contribution in [3.8, 4) is 6.01 Å². The highest BCUT2D eigenvalue weighted by Crippen LogP contribution is 2.12. The summed E-state index contributed by atoms with van der Waals surface area (Å²) in [6.07, 6.45) is 0.584. The molecule has 0 bridgehead atoms. The van der Waals surface area contributed by atoms with Crippen molar-refractivity contribution in [1.82, 2.24) is 9.97 Å². The predicted octanol–water partition coefficient (Wildman–Crippen LogP) is -0.484. The molecule has 0 amide bonds. The van der Waals surface area contributed by atoms with Gasteiger partial charge in [0.15, 0.2) is 14.9 Å². The van der Waals surface area contributed by atoms with Crippen molar-refractivity contribution in [3.63, 3.8) is 0 Å². The summed E-state index contributed by atoms with van der Waals surface area (Å²) in [5.41, 5.74) is 0.0831. The highest BCUT2D eigenvalue weighted by atomic mass is 32.2. The Balaban J connectivity index is 3.26. The second-order valence-electron chi connectivity index (χ2n) is 3.03. The maximum Gasteiger partial charge on any atom is 0.317 e. The van der Waals surface area contributed by atoms with Crippen LogP contribution in [-0.4, -0.2) is 42.8 Å². The standard InChI is InChI=1S/C8H10N2O5S/c1-15-8-9-5(4-7(11)12)3-6(10-8)16(2,13)14/h3H,4H2,1-2H3,(H,11,12). The van der Waals surface area contributed by atoms with Crippen LogP contribution in [0.3, 0.4) is 0 Å². The number of aliphatic carboxylic acids is 1. The molecule has 1 aromatic heterocycles. The number of rotatable bonds is 4. The number of carboxylic acids is 1. The van der Waals surface area contributed by atoms with E-state index in [9.17, 15) is 13.2 Å². The smallest absolute Gasteiger partial charge is 0.317 e. The van der Waals surface area contributed by atoms with E-state index in [0.29, 0.717) is 0 Å². The van der Waals surface area contributed by atoms with Crippen LogP contribution < -0.4 is 4.74 Å². The van der Waals surface area contributed by atoms with Gasteiger partial charge in [0.2, 0.25) is 0 Å². The fraction of sp³-hybridized carbons (Fsp3) is 0.375. The highest BCUT2D eigenvalue weighted by molar-refractivity contribution is 7.90. The molecule has 0 saturated heterocycles. The molecule has 8 heteroatoms. The molecule has 1 heterocycles. The normalized spacial score (nSPS) is 11.1. The number of methoxy groups -OCH3 is 1. The molecule has 0 saturated carbocycles. The fourth-order valence-corrected chi connectivity index (χ4v) is 1.57. The number of hydrogen-bond donors (Lipinski definition) is 1. The molecule has 88 valence electrons. The Bertz CT molecular complexity index is 511. The largest absolute Gasteiger partial charge is 0.481 e. The molecule has 0 aromatic carbocycles. The van der Waals surface area contributed by atoms with Gasteiger partial charge in [-0.3, -0.25) is 4.79 Å². The maximum absolute atomic E-state index is 11.2. The summed E-state index contributed by atoms with van der Waals surface area (Å²) in [6.45, 7) is 0. The first-order valence-corrected chi connectivity index (χ1v) is 6.06. The predicted molar refractivity (Wildman–Crippen MR) is 53.0 cm³/mol. The lowest BCUT2D eigenvalue weighted by molar-refractivity contribution is -0.136. The van der Waals surface area contributed by atoms with Crippen LogP contribution in [-0.2, 0) is 21.1 Å². The van der Waals surface area contributed by atoms with E-state index in [0.717, 1.165) is 12.3 Å². The SMILES string of the molecule is COc1nc(CC(=O)O)cc(S(C)(=O)=O)n1. The molecule has 0 aliphatic rings. The molecule has 0 atom stereocenters. The Morgan fingerprint density at radius 1 is 1.50 bits per heavy atom. The van der Waals surface area contributed by atoms with Crippen LogP contribution in [0.25, 0.3) is 0 Å². The van der Waals surface area contributed by atoms with Crippen LogP contribution in [0.15, 0.2) is 11.1 Å². The van der Waals surface area contributed by atoms with Gasteiger partial charge in [-0.1, -0.05) is 0 Å². The lowest BCUT2D eigenvalue weighted by Crippen LogP contribution is -2.09. The second-order valence-corrected chi connectivity index (χ2v) is 4.99. The molecule has 0 aliphatic heterocycles. The fourth-order valence-electron chi connectivity index (χ4n) is 0.976. The Morgan fingerprint density at radius 2 is 2.12 bits per heavy atom. The van der Waals surface area contributed by atoms with Gasteiger partial charge in [0, 0.05) is 6.26 Å². The Labute approximate surface area is 92.0 Å². The minimum Gasteiger partial charge on any atom is -0.481 e. The lowest BCUT2D eigenvalue weighted by atomic mass is 10.3. The summed E-state index contributed by atoms with van der Waals surface area (Å²) < 4.78 is 27.2. The molecule has 0 radical (unpaired) electrons. The van der Waals surface area contributed by atoms with Crippen molar-refractivity contribution in [2.45, 2.75) is 11.4 Å². The van der Waals surface area contributed by atoms with Crippen molar-refractivity contribution < 1.29 is 23.1 Å². The minimum atomic E-state index is -3.52. The van der Waals surface area contributed by atoms with E-state index in [-0.39, 0.29) is 23.2 Å². The van der Waals surface area contributed by atoms with E-state index in [1.807, 2.05) is 0 Å². The first-order chi connectivity index (χ1) is 7.32. The summed E-state index contributed by atoms with van der Waals surface area (Å²) >= 11 is 0. The topological polar surface area (TPSA) is 106 Å². The van der Waals surface area contributed by atoms with Crippen LogP contribution >= 0.6 is 0 Å². The molecule has 0 fully saturated rings. The van der Waals surface area contributed by atoms with Crippen molar-refractivity contribution >= 4 is 15.8 Å². The molecule has 1 rings (SSSR count). The van der Waals surface area contributed by atoms with Gasteiger partial charge in [0.05, 0.1) is 19.2 Å². The third-order valence-corrected chi connectivity index (χ3v) is 2.60. The third-order valence-electron chi connectivity index (χ3n) is 1.63. The van der Waals surface area contributed by atoms with Crippen LogP contribution in [0.1, 0.15) is 5.69 Å². The van der Waals surface area contributed by atoms with Crippen molar-refractivity contribution in [2.75, 3.05) is 13.4 Å². The van der Waals surface area contributed by atoms with Crippen molar-refractivity contribution in [2.24, 2.45) is 0 Å². The monoisotopic (exact) mass is 246 g/mol. The van der Waals surface area contributed by atoms with E-state index in [1.54, 1.807) is 0 Å². The van der Waals surface area contributed by atoms with E-state index in [2.05, 4.69) is 9.97 Å². The second kappa shape index (κ2) is 4.44. The molecule has 0 aliphatic carbocycles. The molecule has 0 spiro atoms. The van der Waals surface area contributed by atoms with E-state index < -0.39 is 15.8 Å². The van der Waals surface area contributed by atoms with Gasteiger partial charge in [-0.2, -0.15) is 9.97 Å². The summed E-state index contributed by atoms with van der Waals surface area (Å²) in [5, 5.41) is 8.32. The molecular formula is C8H10N2O5S. The average molecular weight is 246 g/mol. The zero-order chi connectivity index (χ0) is 12.3. The number of nitrogens with zero attached hydrogens (tertiary/aromatic N) is 2. The van der Waals surface area contributed by atoms with Gasteiger partial charge in [0.1, 0.15) is 0 Å². The molecule has 7 nitrogen and oxygen atoms in total. The van der Waals surface area contributed by atoms with Gasteiger partial charge in [0.25, 0.3) is 0 Å². The Hall–Kier alpha value is -1.70. The number of hydrogen-bond acceptors (Lipinski definition) is 6. The molecule has 1 N–H and O–H groups in total. The molecule has 0 unspecified atom stereocenters. The molecule has 16 heavy (non-hydrogen) atoms. The zero-order valence-electron chi connectivity index (χ0n) is 8.67. The number of sulfone groups is 1. The van der Waals surface area contributed by atoms with Crippen molar-refractivity contribution in [3.05, 3.63) is 11.8 Å². The zero-order valence-corrected chi connectivity index (χ0v) is 9.48. The summed E-state index contributed by atoms with van der Waals surface area (Å²) in [6, 6.07) is 0.950. The average Bonchev–Trinajstić information content (AvgIpc) is 2.14. The first kappa shape index (κ1) is 12.4. The molecule has 1 aromatic rings. The first-order valence-electron chi connectivity index (χ1n) is 4.16. The van der Waals surface area contributed by atoms with Gasteiger partial charge in [-0.05, 0) is 6.07 Å². The van der Waals surface area contributed by atoms with Crippen LogP contribution in [0, 0.1) is 0 Å². The van der Waals surface area contributed by atoms with Crippen molar-refractivity contribution in [1.29, 1.82) is 0 Å². The lowest BCUT2D eigenvalue weighted by Gasteiger charge is -2.04. The van der Waals surface area contributed by atoms with Crippen LogP contribution in [0.5, 0.6) is 6.01 Å². The number of carbonyl (C=O) groups is 1. The van der Waals surface area contributed by atoms with Crippen LogP contribution in [0.4, 0.5) is 0 Å². The van der Waals surface area contributed by atoms with E-state index in [4.69, 9.17) is 9.84 Å². The third kappa shape index (κ3) is 3.16. The maximum atomic E-state index is 11.2. The highest BCUT2D eigenvalue weighted by Gasteiger charge is 2.15. The Morgan fingerprint density at radius 3 is 2.56 bits per heavy atom. The van der Waals surface area contributed by atoms with Crippen LogP contribution in [0.2, 0.25) is 0 Å². The summed E-state index contributed by atoms with van der Waals surface area (Å²) in [5.74, 6) is -1.11. The number of carboxylic acid groups (broad SMARTS) is 1. The van der Waals surface area contributed by atoms with Gasteiger partial charge < -0.3 is 9.84 Å². The van der Waals surface area contributed by atoms with Gasteiger partial charge >= 0.3 is 12.0 Å².